The quantitative estimate of drug-likeness (QED) is 0.409. The first-order chi connectivity index (χ1) is 12.3. The van der Waals surface area contributed by atoms with Gasteiger partial charge in [0, 0.05) is 6.54 Å². The third-order valence-electron chi connectivity index (χ3n) is 4.25. The first kappa shape index (κ1) is 22.5. The molecule has 0 aromatic carbocycles. The molecule has 154 valence electrons. The van der Waals surface area contributed by atoms with Crippen molar-refractivity contribution in [2.24, 2.45) is 17.6 Å². The lowest BCUT2D eigenvalue weighted by atomic mass is 10.0. The molecule has 0 heterocycles. The summed E-state index contributed by atoms with van der Waals surface area (Å²) in [5.41, 5.74) is 2.86. The van der Waals surface area contributed by atoms with Gasteiger partial charge in [0.05, 0.1) is 0 Å². The van der Waals surface area contributed by atoms with Crippen LogP contribution in [0.3, 0.4) is 0 Å². The van der Waals surface area contributed by atoms with Gasteiger partial charge in [0.2, 0.25) is 5.91 Å². The Labute approximate surface area is 158 Å². The molecule has 27 heavy (non-hydrogen) atoms. The lowest BCUT2D eigenvalue weighted by molar-refractivity contribution is -0.144. The third-order valence-corrected chi connectivity index (χ3v) is 4.25. The minimum Gasteiger partial charge on any atom is -0.479 e. The molecule has 0 spiro atoms. The number of urea groups is 1. The highest BCUT2D eigenvalue weighted by Gasteiger charge is 2.61. The van der Waals surface area contributed by atoms with Gasteiger partial charge in [0.25, 0.3) is 0 Å². The summed E-state index contributed by atoms with van der Waals surface area (Å²) in [5.74, 6) is -2.36. The molecule has 0 radical (unpaired) electrons. The maximum atomic E-state index is 12.6. The third kappa shape index (κ3) is 6.61. The summed E-state index contributed by atoms with van der Waals surface area (Å²) in [5, 5.41) is 17.0. The number of rotatable bonds is 8. The van der Waals surface area contributed by atoms with Crippen LogP contribution in [0.15, 0.2) is 0 Å². The Bertz CT molecular complexity index is 601. The number of amides is 4. The summed E-state index contributed by atoms with van der Waals surface area (Å²) in [6.45, 7) is 8.78. The minimum absolute atomic E-state index is 0.217. The molecule has 6 N–H and O–H groups in total. The number of hydrogen-bond acceptors (Lipinski definition) is 5. The SMILES string of the molecule is CC(C)[C@H](NC(=O)OC(C)(C)C)C(=O)NC1(C(=O)O)CC1CCNC(N)=O. The predicted molar refractivity (Wildman–Crippen MR) is 96.8 cm³/mol. The molecule has 0 aliphatic heterocycles. The second kappa shape index (κ2) is 8.45. The van der Waals surface area contributed by atoms with E-state index in [1.54, 1.807) is 34.6 Å². The molecule has 1 saturated carbocycles. The number of carbonyl (C=O) groups is 4. The van der Waals surface area contributed by atoms with Gasteiger partial charge in [-0.05, 0) is 45.4 Å². The van der Waals surface area contributed by atoms with E-state index in [2.05, 4.69) is 16.0 Å². The first-order valence-corrected chi connectivity index (χ1v) is 8.86. The molecule has 1 aliphatic carbocycles. The van der Waals surface area contributed by atoms with Crippen LogP contribution in [0.5, 0.6) is 0 Å². The van der Waals surface area contributed by atoms with Gasteiger partial charge in [-0.1, -0.05) is 13.8 Å². The van der Waals surface area contributed by atoms with E-state index < -0.39 is 41.2 Å². The predicted octanol–water partition coefficient (Wildman–Crippen LogP) is 0.554. The Morgan fingerprint density at radius 1 is 1.26 bits per heavy atom. The fraction of sp³-hybridized carbons (Fsp3) is 0.765. The Morgan fingerprint density at radius 2 is 1.85 bits per heavy atom. The molecule has 1 rings (SSSR count). The highest BCUT2D eigenvalue weighted by atomic mass is 16.6. The van der Waals surface area contributed by atoms with Crippen LogP contribution in [0.1, 0.15) is 47.5 Å². The van der Waals surface area contributed by atoms with E-state index in [-0.39, 0.29) is 24.8 Å². The number of nitrogens with two attached hydrogens (primary N) is 1. The summed E-state index contributed by atoms with van der Waals surface area (Å²) in [6, 6.07) is -1.64. The van der Waals surface area contributed by atoms with Crippen molar-refractivity contribution in [2.75, 3.05) is 6.54 Å². The zero-order valence-electron chi connectivity index (χ0n) is 16.4. The van der Waals surface area contributed by atoms with Crippen LogP contribution in [-0.2, 0) is 14.3 Å². The van der Waals surface area contributed by atoms with Crippen LogP contribution in [0.25, 0.3) is 0 Å². The highest BCUT2D eigenvalue weighted by Crippen LogP contribution is 2.46. The van der Waals surface area contributed by atoms with Gasteiger partial charge in [-0.15, -0.1) is 0 Å². The van der Waals surface area contributed by atoms with Gasteiger partial charge < -0.3 is 31.5 Å². The second-order valence-corrected chi connectivity index (χ2v) is 8.11. The van der Waals surface area contributed by atoms with Gasteiger partial charge in [-0.2, -0.15) is 0 Å². The normalized spacial score (nSPS) is 22.5. The molecule has 2 unspecified atom stereocenters. The fourth-order valence-electron chi connectivity index (χ4n) is 2.78. The average Bonchev–Trinajstić information content (AvgIpc) is 3.16. The lowest BCUT2D eigenvalue weighted by Gasteiger charge is -2.26. The molecule has 3 atom stereocenters. The molecular formula is C17H30N4O6. The summed E-state index contributed by atoms with van der Waals surface area (Å²) in [4.78, 5) is 47.0. The van der Waals surface area contributed by atoms with Gasteiger partial charge >= 0.3 is 18.1 Å². The largest absolute Gasteiger partial charge is 0.479 e. The zero-order valence-corrected chi connectivity index (χ0v) is 16.4. The number of ether oxygens (including phenoxy) is 1. The number of carbonyl (C=O) groups excluding carboxylic acids is 3. The van der Waals surface area contributed by atoms with E-state index in [9.17, 15) is 24.3 Å². The highest BCUT2D eigenvalue weighted by molar-refractivity contribution is 5.93. The molecule has 4 amide bonds. The molecule has 0 aromatic heterocycles. The topological polar surface area (TPSA) is 160 Å². The fourth-order valence-corrected chi connectivity index (χ4v) is 2.78. The monoisotopic (exact) mass is 386 g/mol. The van der Waals surface area contributed by atoms with Crippen molar-refractivity contribution in [1.82, 2.24) is 16.0 Å². The maximum absolute atomic E-state index is 12.6. The van der Waals surface area contributed by atoms with Crippen molar-refractivity contribution >= 4 is 24.0 Å². The van der Waals surface area contributed by atoms with Crippen LogP contribution in [0.2, 0.25) is 0 Å². The molecule has 0 bridgehead atoms. The van der Waals surface area contributed by atoms with Crippen molar-refractivity contribution in [3.05, 3.63) is 0 Å². The number of hydrogen-bond donors (Lipinski definition) is 5. The van der Waals surface area contributed by atoms with Crippen LogP contribution < -0.4 is 21.7 Å². The zero-order chi connectivity index (χ0) is 21.0. The van der Waals surface area contributed by atoms with Crippen LogP contribution in [0.4, 0.5) is 9.59 Å². The molecule has 10 nitrogen and oxygen atoms in total. The van der Waals surface area contributed by atoms with E-state index >= 15 is 0 Å². The van der Waals surface area contributed by atoms with Crippen molar-refractivity contribution in [3.8, 4) is 0 Å². The minimum atomic E-state index is -1.40. The Morgan fingerprint density at radius 3 is 2.30 bits per heavy atom. The molecule has 0 aromatic rings. The molecule has 0 saturated heterocycles. The van der Waals surface area contributed by atoms with E-state index in [1.165, 1.54) is 0 Å². The number of carboxylic acids is 1. The lowest BCUT2D eigenvalue weighted by Crippen LogP contribution is -2.56. The van der Waals surface area contributed by atoms with Crippen molar-refractivity contribution in [1.29, 1.82) is 0 Å². The first-order valence-electron chi connectivity index (χ1n) is 8.86. The number of nitrogens with one attached hydrogen (secondary N) is 3. The standard InChI is InChI=1S/C17H30N4O6/c1-9(2)11(20-15(26)27-16(3,4)5)12(22)21-17(13(23)24)8-10(17)6-7-19-14(18)25/h9-11H,6-8H2,1-5H3,(H,20,26)(H,21,22)(H,23,24)(H3,18,19,25)/t10?,11-,17?/m0/s1. The van der Waals surface area contributed by atoms with E-state index in [4.69, 9.17) is 10.5 Å². The van der Waals surface area contributed by atoms with Gasteiger partial charge in [-0.25, -0.2) is 14.4 Å². The molecule has 10 heteroatoms. The number of aliphatic carboxylic acids is 1. The summed E-state index contributed by atoms with van der Waals surface area (Å²) >= 11 is 0. The van der Waals surface area contributed by atoms with Crippen molar-refractivity contribution < 1.29 is 29.0 Å². The van der Waals surface area contributed by atoms with E-state index in [0.717, 1.165) is 0 Å². The Balaban J connectivity index is 2.74. The summed E-state index contributed by atoms with van der Waals surface area (Å²) < 4.78 is 5.16. The van der Waals surface area contributed by atoms with Crippen molar-refractivity contribution in [3.63, 3.8) is 0 Å². The molecular weight excluding hydrogens is 356 g/mol. The summed E-state index contributed by atoms with van der Waals surface area (Å²) in [6.07, 6.45) is -0.147. The maximum Gasteiger partial charge on any atom is 0.408 e. The van der Waals surface area contributed by atoms with Gasteiger partial charge in [-0.3, -0.25) is 4.79 Å². The van der Waals surface area contributed by atoms with Crippen LogP contribution >= 0.6 is 0 Å². The van der Waals surface area contributed by atoms with E-state index in [0.29, 0.717) is 6.42 Å². The number of primary amides is 1. The second-order valence-electron chi connectivity index (χ2n) is 8.11. The Kier molecular flexibility index (Phi) is 7.05. The summed E-state index contributed by atoms with van der Waals surface area (Å²) in [7, 11) is 0. The average molecular weight is 386 g/mol. The molecule has 1 aliphatic rings. The smallest absolute Gasteiger partial charge is 0.408 e. The van der Waals surface area contributed by atoms with Crippen LogP contribution in [0, 0.1) is 11.8 Å². The van der Waals surface area contributed by atoms with Crippen molar-refractivity contribution in [2.45, 2.75) is 64.6 Å². The number of carboxylic acid groups (broad SMARTS) is 1. The number of alkyl carbamates (subject to hydrolysis) is 1. The van der Waals surface area contributed by atoms with Gasteiger partial charge in [0.15, 0.2) is 0 Å². The van der Waals surface area contributed by atoms with Gasteiger partial charge in [0.1, 0.15) is 17.2 Å². The Hall–Kier alpha value is -2.52. The molecule has 1 fully saturated rings. The van der Waals surface area contributed by atoms with Crippen LogP contribution in [-0.4, -0.2) is 52.8 Å². The van der Waals surface area contributed by atoms with E-state index in [1.807, 2.05) is 0 Å².